The average molecular weight is 217 g/mol. The van der Waals surface area contributed by atoms with Crippen molar-refractivity contribution in [1.82, 2.24) is 0 Å². The van der Waals surface area contributed by atoms with Crippen LogP contribution in [0.4, 0.5) is 0 Å². The van der Waals surface area contributed by atoms with Crippen LogP contribution in [-0.2, 0) is 14.3 Å². The summed E-state index contributed by atoms with van der Waals surface area (Å²) in [4.78, 5) is 11.2. The Bertz CT molecular complexity index is 190. The van der Waals surface area contributed by atoms with Crippen molar-refractivity contribution in [3.05, 3.63) is 0 Å². The number of rotatable bonds is 7. The van der Waals surface area contributed by atoms with E-state index in [0.29, 0.717) is 18.9 Å². The maximum Gasteiger partial charge on any atom is 0.325 e. The zero-order chi connectivity index (χ0) is 11.9. The van der Waals surface area contributed by atoms with Gasteiger partial charge in [0.2, 0.25) is 0 Å². The fourth-order valence-corrected chi connectivity index (χ4v) is 1.04. The third-order valence-electron chi connectivity index (χ3n) is 2.26. The molecule has 0 fully saturated rings. The van der Waals surface area contributed by atoms with Crippen LogP contribution < -0.4 is 5.73 Å². The van der Waals surface area contributed by atoms with E-state index in [4.69, 9.17) is 10.5 Å². The molecular formula is C11H23NO3. The molecule has 0 saturated heterocycles. The van der Waals surface area contributed by atoms with Gasteiger partial charge in [-0.05, 0) is 25.7 Å². The molecule has 1 atom stereocenters. The van der Waals surface area contributed by atoms with Gasteiger partial charge in [-0.1, -0.05) is 13.8 Å². The third-order valence-corrected chi connectivity index (χ3v) is 2.26. The summed E-state index contributed by atoms with van der Waals surface area (Å²) in [6.07, 6.45) is 1.51. The quantitative estimate of drug-likeness (QED) is 0.516. The largest absolute Gasteiger partial charge is 0.468 e. The van der Waals surface area contributed by atoms with Crippen LogP contribution >= 0.6 is 0 Å². The highest BCUT2D eigenvalue weighted by atomic mass is 16.5. The van der Waals surface area contributed by atoms with Crippen molar-refractivity contribution in [3.63, 3.8) is 0 Å². The summed E-state index contributed by atoms with van der Waals surface area (Å²) in [5, 5.41) is 0. The highest BCUT2D eigenvalue weighted by molar-refractivity contribution is 5.79. The Kier molecular flexibility index (Phi) is 6.52. The zero-order valence-corrected chi connectivity index (χ0v) is 10.2. The van der Waals surface area contributed by atoms with Gasteiger partial charge in [-0.25, -0.2) is 0 Å². The van der Waals surface area contributed by atoms with Crippen LogP contribution in [0.15, 0.2) is 0 Å². The van der Waals surface area contributed by atoms with Crippen LogP contribution in [0.25, 0.3) is 0 Å². The number of hydrogen-bond donors (Lipinski definition) is 1. The molecule has 2 N–H and O–H groups in total. The Hall–Kier alpha value is -0.610. The number of methoxy groups -OCH3 is 1. The molecule has 0 aliphatic heterocycles. The van der Waals surface area contributed by atoms with Crippen molar-refractivity contribution in [2.45, 2.75) is 39.2 Å². The topological polar surface area (TPSA) is 61.5 Å². The smallest absolute Gasteiger partial charge is 0.325 e. The Morgan fingerprint density at radius 1 is 1.40 bits per heavy atom. The SMILES string of the molecule is COC(=O)C(C)(N)CCOCCC(C)C. The van der Waals surface area contributed by atoms with E-state index in [1.165, 1.54) is 7.11 Å². The summed E-state index contributed by atoms with van der Waals surface area (Å²) in [5.74, 6) is 0.241. The molecule has 0 aromatic rings. The molecule has 0 bridgehead atoms. The highest BCUT2D eigenvalue weighted by Crippen LogP contribution is 2.08. The minimum Gasteiger partial charge on any atom is -0.468 e. The van der Waals surface area contributed by atoms with E-state index in [9.17, 15) is 4.79 Å². The molecule has 0 aromatic heterocycles. The van der Waals surface area contributed by atoms with E-state index in [1.807, 2.05) is 0 Å². The normalized spacial score (nSPS) is 15.1. The molecule has 0 amide bonds. The van der Waals surface area contributed by atoms with Crippen LogP contribution in [0.1, 0.15) is 33.6 Å². The second kappa shape index (κ2) is 6.80. The lowest BCUT2D eigenvalue weighted by Crippen LogP contribution is -2.46. The summed E-state index contributed by atoms with van der Waals surface area (Å²) >= 11 is 0. The summed E-state index contributed by atoms with van der Waals surface area (Å²) in [7, 11) is 1.34. The first-order valence-corrected chi connectivity index (χ1v) is 5.35. The number of carbonyl (C=O) groups excluding carboxylic acids is 1. The number of esters is 1. The predicted octanol–water partition coefficient (Wildman–Crippen LogP) is 1.33. The van der Waals surface area contributed by atoms with Gasteiger partial charge in [0.1, 0.15) is 5.54 Å². The third kappa shape index (κ3) is 6.47. The Balaban J connectivity index is 3.62. The van der Waals surface area contributed by atoms with Gasteiger partial charge in [0.25, 0.3) is 0 Å². The van der Waals surface area contributed by atoms with Crippen LogP contribution in [0.5, 0.6) is 0 Å². The van der Waals surface area contributed by atoms with Gasteiger partial charge in [0, 0.05) is 13.2 Å². The van der Waals surface area contributed by atoms with E-state index >= 15 is 0 Å². The van der Waals surface area contributed by atoms with Crippen molar-refractivity contribution in [2.75, 3.05) is 20.3 Å². The van der Waals surface area contributed by atoms with Crippen LogP contribution in [-0.4, -0.2) is 31.8 Å². The van der Waals surface area contributed by atoms with Crippen LogP contribution in [0.3, 0.4) is 0 Å². The summed E-state index contributed by atoms with van der Waals surface area (Å²) in [6, 6.07) is 0. The van der Waals surface area contributed by atoms with Gasteiger partial charge in [-0.15, -0.1) is 0 Å². The first-order chi connectivity index (χ1) is 6.90. The summed E-state index contributed by atoms with van der Waals surface area (Å²) < 4.78 is 9.98. The van der Waals surface area contributed by atoms with Crippen molar-refractivity contribution >= 4 is 5.97 Å². The average Bonchev–Trinajstić information content (AvgIpc) is 2.15. The molecule has 1 unspecified atom stereocenters. The monoisotopic (exact) mass is 217 g/mol. The molecule has 0 heterocycles. The molecule has 0 aliphatic rings. The maximum absolute atomic E-state index is 11.2. The fourth-order valence-electron chi connectivity index (χ4n) is 1.04. The minimum atomic E-state index is -0.938. The molecule has 4 heteroatoms. The Labute approximate surface area is 92.1 Å². The number of hydrogen-bond acceptors (Lipinski definition) is 4. The molecule has 0 rings (SSSR count). The van der Waals surface area contributed by atoms with E-state index in [2.05, 4.69) is 18.6 Å². The standard InChI is InChI=1S/C11H23NO3/c1-9(2)5-7-15-8-6-11(3,12)10(13)14-4/h9H,5-8,12H2,1-4H3. The van der Waals surface area contributed by atoms with Crippen molar-refractivity contribution in [2.24, 2.45) is 11.7 Å². The van der Waals surface area contributed by atoms with Gasteiger partial charge >= 0.3 is 5.97 Å². The molecule has 0 saturated carbocycles. The van der Waals surface area contributed by atoms with Gasteiger partial charge in [0.05, 0.1) is 7.11 Å². The first-order valence-electron chi connectivity index (χ1n) is 5.35. The minimum absolute atomic E-state index is 0.394. The Morgan fingerprint density at radius 3 is 2.47 bits per heavy atom. The van der Waals surface area contributed by atoms with Crippen LogP contribution in [0, 0.1) is 5.92 Å². The van der Waals surface area contributed by atoms with Gasteiger partial charge < -0.3 is 15.2 Å². The first kappa shape index (κ1) is 14.4. The fraction of sp³-hybridized carbons (Fsp3) is 0.909. The lowest BCUT2D eigenvalue weighted by atomic mass is 10.0. The summed E-state index contributed by atoms with van der Waals surface area (Å²) in [6.45, 7) is 7.16. The zero-order valence-electron chi connectivity index (χ0n) is 10.2. The lowest BCUT2D eigenvalue weighted by Gasteiger charge is -2.21. The molecule has 90 valence electrons. The maximum atomic E-state index is 11.2. The lowest BCUT2D eigenvalue weighted by molar-refractivity contribution is -0.147. The molecule has 0 aromatic carbocycles. The number of ether oxygens (including phenoxy) is 2. The van der Waals surface area contributed by atoms with Crippen molar-refractivity contribution in [3.8, 4) is 0 Å². The van der Waals surface area contributed by atoms with Crippen molar-refractivity contribution < 1.29 is 14.3 Å². The van der Waals surface area contributed by atoms with Gasteiger partial charge in [-0.2, -0.15) is 0 Å². The molecule has 0 spiro atoms. The number of nitrogens with two attached hydrogens (primary N) is 1. The summed E-state index contributed by atoms with van der Waals surface area (Å²) in [5.41, 5.74) is 4.82. The molecule has 15 heavy (non-hydrogen) atoms. The van der Waals surface area contributed by atoms with Gasteiger partial charge in [0.15, 0.2) is 0 Å². The van der Waals surface area contributed by atoms with E-state index in [-0.39, 0.29) is 0 Å². The molecular weight excluding hydrogens is 194 g/mol. The molecule has 0 aliphatic carbocycles. The van der Waals surface area contributed by atoms with E-state index in [0.717, 1.165) is 13.0 Å². The second-order valence-electron chi connectivity index (χ2n) is 4.45. The highest BCUT2D eigenvalue weighted by Gasteiger charge is 2.28. The van der Waals surface area contributed by atoms with E-state index in [1.54, 1.807) is 6.92 Å². The predicted molar refractivity (Wildman–Crippen MR) is 59.5 cm³/mol. The molecule has 4 nitrogen and oxygen atoms in total. The van der Waals surface area contributed by atoms with Gasteiger partial charge in [-0.3, -0.25) is 4.79 Å². The van der Waals surface area contributed by atoms with E-state index < -0.39 is 11.5 Å². The molecule has 0 radical (unpaired) electrons. The Morgan fingerprint density at radius 2 is 2.00 bits per heavy atom. The van der Waals surface area contributed by atoms with Crippen LogP contribution in [0.2, 0.25) is 0 Å². The second-order valence-corrected chi connectivity index (χ2v) is 4.45. The number of carbonyl (C=O) groups is 1. The van der Waals surface area contributed by atoms with Crippen molar-refractivity contribution in [1.29, 1.82) is 0 Å².